The average Bonchev–Trinajstić information content (AvgIpc) is 2.84. The van der Waals surface area contributed by atoms with Crippen LogP contribution in [0.3, 0.4) is 0 Å². The summed E-state index contributed by atoms with van der Waals surface area (Å²) in [5.41, 5.74) is 5.03. The summed E-state index contributed by atoms with van der Waals surface area (Å²) >= 11 is 3.31. The van der Waals surface area contributed by atoms with Gasteiger partial charge < -0.3 is 10.5 Å². The summed E-state index contributed by atoms with van der Waals surface area (Å²) in [5.74, 6) is 0. The Morgan fingerprint density at radius 2 is 2.27 bits per heavy atom. The number of amides is 1. The molecule has 0 spiro atoms. The van der Waals surface area contributed by atoms with Crippen molar-refractivity contribution in [3.05, 3.63) is 57.5 Å². The molecule has 0 fully saturated rings. The molecule has 0 bridgehead atoms. The summed E-state index contributed by atoms with van der Waals surface area (Å²) in [5, 5.41) is 3.91. The van der Waals surface area contributed by atoms with Gasteiger partial charge in [-0.2, -0.15) is 5.10 Å². The fraction of sp³-hybridized carbons (Fsp3) is 0.154. The largest absolute Gasteiger partial charge is 0.445 e. The average molecular weight is 371 g/mol. The molecule has 0 atom stereocenters. The summed E-state index contributed by atoms with van der Waals surface area (Å²) in [4.78, 5) is 22.8. The normalized spacial score (nSPS) is 11.5. The number of aromatic nitrogens is 3. The molecule has 1 aromatic heterocycles. The molecule has 116 valence electrons. The van der Waals surface area contributed by atoms with Crippen LogP contribution in [-0.4, -0.2) is 27.0 Å². The highest BCUT2D eigenvalue weighted by molar-refractivity contribution is 9.10. The van der Waals surface area contributed by atoms with E-state index < -0.39 is 11.8 Å². The standard InChI is InChI=1S/C13H12BrFN4O3/c14-10-2-1-3-11(4-10)18-8-17-19(13(18)21)6-9(5-15)7-22-12(16)20/h1-5,8H,6-7H2,(H2,16,20)/b9-5+. The van der Waals surface area contributed by atoms with E-state index in [4.69, 9.17) is 5.73 Å². The highest BCUT2D eigenvalue weighted by Crippen LogP contribution is 2.13. The second-order valence-electron chi connectivity index (χ2n) is 4.30. The van der Waals surface area contributed by atoms with E-state index in [9.17, 15) is 14.0 Å². The van der Waals surface area contributed by atoms with Crippen molar-refractivity contribution < 1.29 is 13.9 Å². The van der Waals surface area contributed by atoms with Crippen molar-refractivity contribution in [2.75, 3.05) is 6.61 Å². The molecule has 1 aromatic carbocycles. The minimum Gasteiger partial charge on any atom is -0.445 e. The zero-order chi connectivity index (χ0) is 16.1. The summed E-state index contributed by atoms with van der Waals surface area (Å²) in [6.07, 6.45) is 0.564. The lowest BCUT2D eigenvalue weighted by Gasteiger charge is -2.05. The monoisotopic (exact) mass is 370 g/mol. The first-order chi connectivity index (χ1) is 10.5. The first-order valence-corrected chi connectivity index (χ1v) is 6.91. The molecule has 0 aliphatic rings. The van der Waals surface area contributed by atoms with Gasteiger partial charge in [-0.15, -0.1) is 0 Å². The highest BCUT2D eigenvalue weighted by atomic mass is 79.9. The number of ether oxygens (including phenoxy) is 1. The van der Waals surface area contributed by atoms with Gasteiger partial charge in [-0.05, 0) is 18.2 Å². The smallest absolute Gasteiger partial charge is 0.404 e. The SMILES string of the molecule is NC(=O)OC/C(=C/F)Cn1ncn(-c2cccc(Br)c2)c1=O. The Kier molecular flexibility index (Phi) is 5.10. The predicted octanol–water partition coefficient (Wildman–Crippen LogP) is 1.75. The molecule has 0 saturated carbocycles. The molecular weight excluding hydrogens is 359 g/mol. The van der Waals surface area contributed by atoms with Crippen LogP contribution < -0.4 is 11.4 Å². The van der Waals surface area contributed by atoms with Crippen LogP contribution in [0.15, 0.2) is 51.8 Å². The maximum atomic E-state index is 12.8. The van der Waals surface area contributed by atoms with Crippen LogP contribution in [0, 0.1) is 0 Å². The maximum absolute atomic E-state index is 12.8. The molecule has 1 amide bonds. The Morgan fingerprint density at radius 3 is 2.91 bits per heavy atom. The van der Waals surface area contributed by atoms with Crippen molar-refractivity contribution in [1.82, 2.24) is 14.3 Å². The van der Waals surface area contributed by atoms with E-state index in [1.807, 2.05) is 6.07 Å². The molecular formula is C13H12BrFN4O3. The Morgan fingerprint density at radius 1 is 1.50 bits per heavy atom. The number of hydrogen-bond acceptors (Lipinski definition) is 4. The molecule has 9 heteroatoms. The highest BCUT2D eigenvalue weighted by Gasteiger charge is 2.10. The number of halogens is 2. The molecule has 0 radical (unpaired) electrons. The van der Waals surface area contributed by atoms with Crippen molar-refractivity contribution in [2.45, 2.75) is 6.54 Å². The second-order valence-corrected chi connectivity index (χ2v) is 5.21. The van der Waals surface area contributed by atoms with Crippen LogP contribution in [0.1, 0.15) is 0 Å². The molecule has 0 aliphatic heterocycles. The van der Waals surface area contributed by atoms with E-state index in [1.54, 1.807) is 18.2 Å². The fourth-order valence-corrected chi connectivity index (χ4v) is 2.10. The van der Waals surface area contributed by atoms with Gasteiger partial charge >= 0.3 is 11.8 Å². The third-order valence-electron chi connectivity index (χ3n) is 2.73. The molecule has 1 heterocycles. The number of benzene rings is 1. The molecule has 0 unspecified atom stereocenters. The van der Waals surface area contributed by atoms with Crippen LogP contribution >= 0.6 is 15.9 Å². The third kappa shape index (κ3) is 3.82. The van der Waals surface area contributed by atoms with E-state index >= 15 is 0 Å². The summed E-state index contributed by atoms with van der Waals surface area (Å²) in [6, 6.07) is 7.08. The number of rotatable bonds is 5. The van der Waals surface area contributed by atoms with Gasteiger partial charge in [0.25, 0.3) is 0 Å². The molecule has 0 saturated heterocycles. The Balaban J connectivity index is 2.21. The summed E-state index contributed by atoms with van der Waals surface area (Å²) in [7, 11) is 0. The lowest BCUT2D eigenvalue weighted by Crippen LogP contribution is -2.26. The molecule has 2 rings (SSSR count). The number of nitrogens with zero attached hydrogens (tertiary/aromatic N) is 3. The zero-order valence-electron chi connectivity index (χ0n) is 11.3. The van der Waals surface area contributed by atoms with Crippen molar-refractivity contribution in [3.8, 4) is 5.69 Å². The van der Waals surface area contributed by atoms with Crippen LogP contribution in [0.5, 0.6) is 0 Å². The zero-order valence-corrected chi connectivity index (χ0v) is 12.9. The van der Waals surface area contributed by atoms with Crippen LogP contribution in [0.4, 0.5) is 9.18 Å². The Labute approximate surface area is 132 Å². The van der Waals surface area contributed by atoms with Gasteiger partial charge in [0.2, 0.25) is 0 Å². The molecule has 2 aromatic rings. The van der Waals surface area contributed by atoms with E-state index in [-0.39, 0.29) is 25.1 Å². The molecule has 7 nitrogen and oxygen atoms in total. The second kappa shape index (κ2) is 7.03. The molecule has 0 aliphatic carbocycles. The van der Waals surface area contributed by atoms with Crippen molar-refractivity contribution in [2.24, 2.45) is 5.73 Å². The first kappa shape index (κ1) is 16.0. The van der Waals surface area contributed by atoms with Crippen LogP contribution in [0.2, 0.25) is 0 Å². The predicted molar refractivity (Wildman–Crippen MR) is 80.3 cm³/mol. The lowest BCUT2D eigenvalue weighted by molar-refractivity contribution is 0.164. The van der Waals surface area contributed by atoms with Gasteiger partial charge in [0.1, 0.15) is 12.9 Å². The fourth-order valence-electron chi connectivity index (χ4n) is 1.72. The number of carbonyl (C=O) groups excluding carboxylic acids is 1. The number of nitrogens with two attached hydrogens (primary N) is 1. The number of primary amides is 1. The minimum atomic E-state index is -1.02. The lowest BCUT2D eigenvalue weighted by atomic mass is 10.3. The van der Waals surface area contributed by atoms with Gasteiger partial charge in [-0.25, -0.2) is 23.2 Å². The quantitative estimate of drug-likeness (QED) is 0.867. The van der Waals surface area contributed by atoms with Crippen molar-refractivity contribution in [1.29, 1.82) is 0 Å². The van der Waals surface area contributed by atoms with Crippen molar-refractivity contribution >= 4 is 22.0 Å². The van der Waals surface area contributed by atoms with E-state index in [0.29, 0.717) is 5.69 Å². The maximum Gasteiger partial charge on any atom is 0.404 e. The van der Waals surface area contributed by atoms with Gasteiger partial charge in [0.05, 0.1) is 18.6 Å². The van der Waals surface area contributed by atoms with E-state index in [1.165, 1.54) is 10.9 Å². The van der Waals surface area contributed by atoms with Crippen LogP contribution in [-0.2, 0) is 11.3 Å². The third-order valence-corrected chi connectivity index (χ3v) is 3.22. The van der Waals surface area contributed by atoms with Crippen molar-refractivity contribution in [3.63, 3.8) is 0 Å². The summed E-state index contributed by atoms with van der Waals surface area (Å²) in [6.45, 7) is -0.494. The van der Waals surface area contributed by atoms with Gasteiger partial charge in [0.15, 0.2) is 0 Å². The molecule has 2 N–H and O–H groups in total. The minimum absolute atomic E-state index is 0.0559. The first-order valence-electron chi connectivity index (χ1n) is 6.12. The van der Waals surface area contributed by atoms with E-state index in [0.717, 1.165) is 9.15 Å². The van der Waals surface area contributed by atoms with Gasteiger partial charge in [-0.1, -0.05) is 22.0 Å². The van der Waals surface area contributed by atoms with Gasteiger partial charge in [0, 0.05) is 10.0 Å². The van der Waals surface area contributed by atoms with Gasteiger partial charge in [-0.3, -0.25) is 0 Å². The topological polar surface area (TPSA) is 92.1 Å². The number of hydrogen-bond donors (Lipinski definition) is 1. The summed E-state index contributed by atoms with van der Waals surface area (Å²) < 4.78 is 20.4. The Hall–Kier alpha value is -2.42. The Bertz CT molecular complexity index is 769. The van der Waals surface area contributed by atoms with E-state index in [2.05, 4.69) is 25.8 Å². The number of carbonyl (C=O) groups is 1. The molecule has 22 heavy (non-hydrogen) atoms. The van der Waals surface area contributed by atoms with Crippen LogP contribution in [0.25, 0.3) is 5.69 Å².